The molecule has 1 aromatic rings. The molecule has 0 saturated carbocycles. The van der Waals surface area contributed by atoms with Gasteiger partial charge in [-0.1, -0.05) is 13.8 Å². The van der Waals surface area contributed by atoms with Crippen LogP contribution in [-0.4, -0.2) is 48.7 Å². The zero-order valence-electron chi connectivity index (χ0n) is 12.7. The van der Waals surface area contributed by atoms with Crippen molar-refractivity contribution >= 4 is 33.4 Å². The maximum absolute atomic E-state index is 12.0. The Kier molecular flexibility index (Phi) is 6.51. The number of carbonyl (C=O) groups is 1. The molecule has 0 N–H and O–H groups in total. The van der Waals surface area contributed by atoms with Gasteiger partial charge in [-0.05, 0) is 39.7 Å². The molecule has 0 radical (unpaired) electrons. The molecule has 1 amide bonds. The fraction of sp³-hybridized carbons (Fsp3) is 0.667. The minimum absolute atomic E-state index is 0.164. The predicted octanol–water partition coefficient (Wildman–Crippen LogP) is 3.81. The third kappa shape index (κ3) is 5.27. The van der Waals surface area contributed by atoms with Crippen molar-refractivity contribution in [1.82, 2.24) is 9.80 Å². The number of amides is 1. The molecule has 0 bridgehead atoms. The molecule has 2 rings (SSSR count). The van der Waals surface area contributed by atoms with Gasteiger partial charge >= 0.3 is 6.09 Å². The lowest BCUT2D eigenvalue weighted by molar-refractivity contribution is 0.0930. The molecule has 118 valence electrons. The number of ether oxygens (including phenoxy) is 1. The second-order valence-electron chi connectivity index (χ2n) is 5.78. The second kappa shape index (κ2) is 8.15. The van der Waals surface area contributed by atoms with Crippen LogP contribution in [0.4, 0.5) is 4.79 Å². The van der Waals surface area contributed by atoms with Gasteiger partial charge in [0.05, 0.1) is 6.61 Å². The van der Waals surface area contributed by atoms with Crippen molar-refractivity contribution in [1.29, 1.82) is 0 Å². The Balaban J connectivity index is 1.81. The first-order valence-electron chi connectivity index (χ1n) is 7.42. The first-order valence-corrected chi connectivity index (χ1v) is 9.09. The van der Waals surface area contributed by atoms with Crippen LogP contribution in [0.15, 0.2) is 15.9 Å². The van der Waals surface area contributed by atoms with Crippen molar-refractivity contribution in [2.45, 2.75) is 26.8 Å². The van der Waals surface area contributed by atoms with Crippen LogP contribution in [0.3, 0.4) is 0 Å². The van der Waals surface area contributed by atoms with E-state index in [1.165, 1.54) is 9.35 Å². The van der Waals surface area contributed by atoms with Crippen LogP contribution >= 0.6 is 27.3 Å². The molecule has 0 aliphatic carbocycles. The van der Waals surface area contributed by atoms with Crippen molar-refractivity contribution in [3.05, 3.63) is 20.8 Å². The van der Waals surface area contributed by atoms with Crippen molar-refractivity contribution in [2.24, 2.45) is 5.92 Å². The van der Waals surface area contributed by atoms with Gasteiger partial charge in [-0.2, -0.15) is 0 Å². The van der Waals surface area contributed by atoms with E-state index in [0.29, 0.717) is 12.5 Å². The van der Waals surface area contributed by atoms with Crippen LogP contribution in [-0.2, 0) is 11.3 Å². The molecule has 1 aliphatic rings. The number of nitrogens with zero attached hydrogens (tertiary/aromatic N) is 2. The number of hydrogen-bond donors (Lipinski definition) is 0. The number of halogens is 1. The van der Waals surface area contributed by atoms with E-state index in [1.54, 1.807) is 11.3 Å². The van der Waals surface area contributed by atoms with Crippen LogP contribution < -0.4 is 0 Å². The Morgan fingerprint density at radius 1 is 1.38 bits per heavy atom. The monoisotopic (exact) mass is 374 g/mol. The highest BCUT2D eigenvalue weighted by Gasteiger charge is 2.21. The Bertz CT molecular complexity index is 464. The zero-order valence-corrected chi connectivity index (χ0v) is 15.1. The van der Waals surface area contributed by atoms with Crippen LogP contribution in [0.1, 0.15) is 25.1 Å². The smallest absolute Gasteiger partial charge is 0.409 e. The van der Waals surface area contributed by atoms with E-state index in [0.717, 1.165) is 39.1 Å². The van der Waals surface area contributed by atoms with Gasteiger partial charge < -0.3 is 9.64 Å². The third-order valence-corrected chi connectivity index (χ3v) is 5.36. The highest BCUT2D eigenvalue weighted by molar-refractivity contribution is 9.10. The standard InChI is InChI=1S/C15H23BrN2O2S/c1-12(2)11-20-15(19)18-6-3-5-17(7-8-18)10-14-13(16)4-9-21-14/h4,9,12H,3,5-8,10-11H2,1-2H3. The summed E-state index contributed by atoms with van der Waals surface area (Å²) in [5.74, 6) is 0.383. The van der Waals surface area contributed by atoms with Crippen molar-refractivity contribution in [3.63, 3.8) is 0 Å². The quantitative estimate of drug-likeness (QED) is 0.802. The van der Waals surface area contributed by atoms with Gasteiger partial charge in [0.15, 0.2) is 0 Å². The Hall–Kier alpha value is -0.590. The second-order valence-corrected chi connectivity index (χ2v) is 7.63. The maximum Gasteiger partial charge on any atom is 0.409 e. The van der Waals surface area contributed by atoms with E-state index >= 15 is 0 Å². The molecule has 4 nitrogen and oxygen atoms in total. The van der Waals surface area contributed by atoms with E-state index in [9.17, 15) is 4.79 Å². The molecular weight excluding hydrogens is 352 g/mol. The molecule has 0 unspecified atom stereocenters. The minimum atomic E-state index is -0.164. The highest BCUT2D eigenvalue weighted by Crippen LogP contribution is 2.24. The predicted molar refractivity (Wildman–Crippen MR) is 89.7 cm³/mol. The molecule has 2 heterocycles. The zero-order chi connectivity index (χ0) is 15.2. The van der Waals surface area contributed by atoms with Gasteiger partial charge in [-0.25, -0.2) is 4.79 Å². The summed E-state index contributed by atoms with van der Waals surface area (Å²) in [6.45, 7) is 9.03. The first-order chi connectivity index (χ1) is 10.1. The van der Waals surface area contributed by atoms with Gasteiger partial charge in [0.2, 0.25) is 0 Å². The summed E-state index contributed by atoms with van der Waals surface area (Å²) in [5.41, 5.74) is 0. The largest absolute Gasteiger partial charge is 0.449 e. The summed E-state index contributed by atoms with van der Waals surface area (Å²) in [7, 11) is 0. The Morgan fingerprint density at radius 2 is 2.19 bits per heavy atom. The van der Waals surface area contributed by atoms with E-state index < -0.39 is 0 Å². The topological polar surface area (TPSA) is 32.8 Å². The molecule has 0 spiro atoms. The third-order valence-electron chi connectivity index (χ3n) is 3.45. The van der Waals surface area contributed by atoms with Crippen LogP contribution in [0, 0.1) is 5.92 Å². The summed E-state index contributed by atoms with van der Waals surface area (Å²) in [6.07, 6.45) is 0.836. The van der Waals surface area contributed by atoms with E-state index in [4.69, 9.17) is 4.74 Å². The molecule has 0 aromatic carbocycles. The normalized spacial score (nSPS) is 17.0. The molecule has 6 heteroatoms. The molecule has 1 fully saturated rings. The number of thiophene rings is 1. The highest BCUT2D eigenvalue weighted by atomic mass is 79.9. The van der Waals surface area contributed by atoms with Gasteiger partial charge in [0, 0.05) is 42.1 Å². The molecular formula is C15H23BrN2O2S. The summed E-state index contributed by atoms with van der Waals surface area (Å²) in [5, 5.41) is 2.10. The van der Waals surface area contributed by atoms with Gasteiger partial charge in [-0.3, -0.25) is 4.90 Å². The molecule has 0 atom stereocenters. The number of rotatable bonds is 4. The van der Waals surface area contributed by atoms with Crippen molar-refractivity contribution in [2.75, 3.05) is 32.8 Å². The first kappa shape index (κ1) is 16.8. The van der Waals surface area contributed by atoms with Gasteiger partial charge in [0.25, 0.3) is 0 Å². The molecule has 21 heavy (non-hydrogen) atoms. The summed E-state index contributed by atoms with van der Waals surface area (Å²) in [6, 6.07) is 2.09. The van der Waals surface area contributed by atoms with Crippen LogP contribution in [0.5, 0.6) is 0 Å². The number of hydrogen-bond acceptors (Lipinski definition) is 4. The summed E-state index contributed by atoms with van der Waals surface area (Å²) < 4.78 is 6.51. The van der Waals surface area contributed by atoms with E-state index in [-0.39, 0.29) is 6.09 Å². The van der Waals surface area contributed by atoms with Crippen molar-refractivity contribution in [3.8, 4) is 0 Å². The fourth-order valence-corrected chi connectivity index (χ4v) is 3.80. The maximum atomic E-state index is 12.0. The average Bonchev–Trinajstić information content (AvgIpc) is 2.71. The van der Waals surface area contributed by atoms with E-state index in [2.05, 4.69) is 46.1 Å². The van der Waals surface area contributed by atoms with E-state index in [1.807, 2.05) is 4.90 Å². The summed E-state index contributed by atoms with van der Waals surface area (Å²) >= 11 is 5.36. The van der Waals surface area contributed by atoms with Gasteiger partial charge in [-0.15, -0.1) is 11.3 Å². The molecule has 1 aliphatic heterocycles. The van der Waals surface area contributed by atoms with Crippen LogP contribution in [0.25, 0.3) is 0 Å². The minimum Gasteiger partial charge on any atom is -0.449 e. The van der Waals surface area contributed by atoms with Crippen molar-refractivity contribution < 1.29 is 9.53 Å². The number of carbonyl (C=O) groups excluding carboxylic acids is 1. The van der Waals surface area contributed by atoms with Crippen LogP contribution in [0.2, 0.25) is 0 Å². The molecule has 1 saturated heterocycles. The average molecular weight is 375 g/mol. The Morgan fingerprint density at radius 3 is 2.86 bits per heavy atom. The molecule has 1 aromatic heterocycles. The lowest BCUT2D eigenvalue weighted by Crippen LogP contribution is -2.36. The lowest BCUT2D eigenvalue weighted by Gasteiger charge is -2.21. The fourth-order valence-electron chi connectivity index (χ4n) is 2.28. The Labute approximate surface area is 139 Å². The lowest BCUT2D eigenvalue weighted by atomic mass is 10.2. The summed E-state index contributed by atoms with van der Waals surface area (Å²) in [4.78, 5) is 17.6. The van der Waals surface area contributed by atoms with Gasteiger partial charge in [0.1, 0.15) is 0 Å². The SMILES string of the molecule is CC(C)COC(=O)N1CCCN(Cc2sccc2Br)CC1.